The van der Waals surface area contributed by atoms with Crippen molar-refractivity contribution in [2.45, 2.75) is 25.1 Å². The number of hydrogen-bond acceptors (Lipinski definition) is 4. The van der Waals surface area contributed by atoms with Gasteiger partial charge in [-0.05, 0) is 17.5 Å². The lowest BCUT2D eigenvalue weighted by atomic mass is 10.4. The predicted octanol–water partition coefficient (Wildman–Crippen LogP) is 0.473. The fraction of sp³-hybridized carbons (Fsp3) is 0.286. The van der Waals surface area contributed by atoms with E-state index in [1.54, 1.807) is 8.76 Å². The molecule has 3 nitrogen and oxygen atoms in total. The van der Waals surface area contributed by atoms with E-state index in [-0.39, 0.29) is 21.2 Å². The van der Waals surface area contributed by atoms with Crippen LogP contribution >= 0.6 is 11.3 Å². The third kappa shape index (κ3) is 6.82. The first-order valence-corrected chi connectivity index (χ1v) is 14.6. The Balaban J connectivity index is 0.000000307. The summed E-state index contributed by atoms with van der Waals surface area (Å²) in [4.78, 5) is 0. The molecule has 0 fully saturated rings. The van der Waals surface area contributed by atoms with Gasteiger partial charge in [0.25, 0.3) is 0 Å². The minimum Gasteiger partial charge on any atom is -0.741 e. The average molecular weight is 508 g/mol. The molecule has 0 atom stereocenters. The molecule has 134 valence electrons. The maximum atomic E-state index is 10.7. The summed E-state index contributed by atoms with van der Waals surface area (Å²) < 4.78 is 62.1. The minimum absolute atomic E-state index is 0.0238. The predicted molar refractivity (Wildman–Crippen MR) is 86.9 cm³/mol. The van der Waals surface area contributed by atoms with Gasteiger partial charge in [-0.3, -0.25) is 0 Å². The van der Waals surface area contributed by atoms with Crippen LogP contribution in [0.5, 0.6) is 0 Å². The molecule has 0 spiro atoms. The van der Waals surface area contributed by atoms with Crippen molar-refractivity contribution in [1.29, 1.82) is 0 Å². The van der Waals surface area contributed by atoms with Crippen molar-refractivity contribution in [2.24, 2.45) is 0 Å². The summed E-state index contributed by atoms with van der Waals surface area (Å²) >= 11 is 1.90. The van der Waals surface area contributed by atoms with Crippen LogP contribution in [0.1, 0.15) is 0 Å². The lowest BCUT2D eigenvalue weighted by molar-refractivity contribution is -0.595. The summed E-state index contributed by atoms with van der Waals surface area (Å²) in [5.74, 6) is 0. The van der Waals surface area contributed by atoms with Crippen LogP contribution in [0.15, 0.2) is 41.1 Å². The summed E-state index contributed by atoms with van der Waals surface area (Å²) in [7, 11) is -7.23. The summed E-state index contributed by atoms with van der Waals surface area (Å²) in [6.07, 6.45) is 0. The highest BCUT2D eigenvalue weighted by atomic mass is 127. The Bertz CT molecular complexity index is 754. The average Bonchev–Trinajstić information content (AvgIpc) is 2.86. The number of rotatable bonds is 3. The fourth-order valence-corrected chi connectivity index (χ4v) is 10.3. The largest absolute Gasteiger partial charge is 0.741 e. The molecule has 0 N–H and O–H groups in total. The zero-order valence-electron chi connectivity index (χ0n) is 13.1. The summed E-state index contributed by atoms with van der Waals surface area (Å²) in [6, 6.07) is 10.9. The van der Waals surface area contributed by atoms with Crippen LogP contribution < -0.4 is 26.4 Å². The van der Waals surface area contributed by atoms with E-state index in [0.29, 0.717) is 0 Å². The molecule has 0 aliphatic carbocycles. The molecule has 2 aromatic rings. The number of halogens is 4. The maximum absolute atomic E-state index is 10.7. The van der Waals surface area contributed by atoms with Gasteiger partial charge in [-0.2, -0.15) is 13.2 Å². The van der Waals surface area contributed by atoms with E-state index in [1.165, 1.54) is 3.57 Å². The first-order chi connectivity index (χ1) is 10.8. The van der Waals surface area contributed by atoms with Crippen molar-refractivity contribution in [3.05, 3.63) is 48.2 Å². The lowest BCUT2D eigenvalue weighted by Crippen LogP contribution is -3.62. The molecule has 1 aromatic heterocycles. The van der Waals surface area contributed by atoms with E-state index in [9.17, 15) is 13.2 Å². The van der Waals surface area contributed by atoms with Crippen molar-refractivity contribution in [1.82, 2.24) is 0 Å². The maximum Gasteiger partial charge on any atom is 0.485 e. The van der Waals surface area contributed by atoms with E-state index in [4.69, 9.17) is 13.0 Å². The molecule has 0 bridgehead atoms. The molecule has 1 aromatic carbocycles. The lowest BCUT2D eigenvalue weighted by Gasteiger charge is -2.12. The van der Waals surface area contributed by atoms with Crippen LogP contribution in [0.25, 0.3) is 0 Å². The standard InChI is InChI=1S/C13H16ISSi.CHF3O3S/c1-16(2,3)13-10-15-9-12(13)14-11-7-5-4-6-8-11;2-1(3,4)8(5,6)7/h4-10H,1-3H3;(H,5,6,7)/q+1;/p-1. The molecule has 0 amide bonds. The van der Waals surface area contributed by atoms with Gasteiger partial charge < -0.3 is 4.55 Å². The van der Waals surface area contributed by atoms with E-state index in [1.807, 2.05) is 11.3 Å². The first-order valence-electron chi connectivity index (χ1n) is 6.61. The van der Waals surface area contributed by atoms with Gasteiger partial charge >= 0.3 is 26.7 Å². The van der Waals surface area contributed by atoms with E-state index in [2.05, 4.69) is 60.7 Å². The second kappa shape index (κ2) is 8.30. The molecule has 0 radical (unpaired) electrons. The Hall–Kier alpha value is -0.433. The van der Waals surface area contributed by atoms with E-state index < -0.39 is 23.7 Å². The summed E-state index contributed by atoms with van der Waals surface area (Å²) in [6.45, 7) is 7.31. The molecular weight excluding hydrogens is 492 g/mol. The normalized spacial score (nSPS) is 12.5. The topological polar surface area (TPSA) is 57.2 Å². The van der Waals surface area contributed by atoms with Crippen molar-refractivity contribution in [3.63, 3.8) is 0 Å². The number of thiophene rings is 1. The fourth-order valence-electron chi connectivity index (χ4n) is 1.48. The molecule has 0 unspecified atom stereocenters. The first kappa shape index (κ1) is 21.6. The van der Waals surface area contributed by atoms with Gasteiger partial charge in [-0.25, -0.2) is 8.42 Å². The Morgan fingerprint density at radius 2 is 1.58 bits per heavy atom. The van der Waals surface area contributed by atoms with Crippen molar-refractivity contribution >= 4 is 34.7 Å². The zero-order valence-corrected chi connectivity index (χ0v) is 17.9. The summed E-state index contributed by atoms with van der Waals surface area (Å²) in [5.41, 5.74) is -5.65. The molecule has 2 rings (SSSR count). The van der Waals surface area contributed by atoms with Crippen LogP contribution in [0.4, 0.5) is 13.2 Å². The van der Waals surface area contributed by atoms with Gasteiger partial charge in [0.05, 0.1) is 8.07 Å². The smallest absolute Gasteiger partial charge is 0.485 e. The highest BCUT2D eigenvalue weighted by molar-refractivity contribution is 7.86. The van der Waals surface area contributed by atoms with Crippen molar-refractivity contribution in [2.75, 3.05) is 0 Å². The van der Waals surface area contributed by atoms with E-state index in [0.717, 1.165) is 0 Å². The third-order valence-electron chi connectivity index (χ3n) is 2.65. The van der Waals surface area contributed by atoms with Crippen LogP contribution in [-0.2, 0) is 10.1 Å². The second-order valence-electron chi connectivity index (χ2n) is 5.67. The Kier molecular flexibility index (Phi) is 7.47. The number of benzene rings is 1. The molecule has 0 aliphatic rings. The molecule has 0 aliphatic heterocycles. The van der Waals surface area contributed by atoms with Crippen molar-refractivity contribution in [3.8, 4) is 0 Å². The SMILES string of the molecule is C[Si](C)(C)c1cscc1[I+]c1ccccc1.O=S(=O)([O-])C(F)(F)F. The second-order valence-corrected chi connectivity index (χ2v) is 15.8. The Labute approximate surface area is 154 Å². The Morgan fingerprint density at radius 3 is 2.00 bits per heavy atom. The monoisotopic (exact) mass is 508 g/mol. The molecule has 0 saturated carbocycles. The van der Waals surface area contributed by atoms with Crippen LogP contribution in [0.3, 0.4) is 0 Å². The van der Waals surface area contributed by atoms with E-state index >= 15 is 0 Å². The molecule has 0 saturated heterocycles. The van der Waals surface area contributed by atoms with Gasteiger partial charge in [0.2, 0.25) is 3.57 Å². The third-order valence-corrected chi connectivity index (χ3v) is 9.95. The quantitative estimate of drug-likeness (QED) is 0.262. The van der Waals surface area contributed by atoms with Gasteiger partial charge in [0.1, 0.15) is 0 Å². The van der Waals surface area contributed by atoms with Crippen LogP contribution in [0, 0.1) is 7.14 Å². The van der Waals surface area contributed by atoms with Crippen LogP contribution in [-0.4, -0.2) is 26.6 Å². The van der Waals surface area contributed by atoms with Gasteiger partial charge in [0.15, 0.2) is 13.7 Å². The molecule has 1 heterocycles. The molecule has 10 heteroatoms. The van der Waals surface area contributed by atoms with Crippen molar-refractivity contribution < 1.29 is 47.3 Å². The van der Waals surface area contributed by atoms with Gasteiger partial charge in [-0.15, -0.1) is 11.3 Å². The highest BCUT2D eigenvalue weighted by Crippen LogP contribution is 2.20. The van der Waals surface area contributed by atoms with Gasteiger partial charge in [-0.1, -0.05) is 37.8 Å². The highest BCUT2D eigenvalue weighted by Gasteiger charge is 2.37. The van der Waals surface area contributed by atoms with Gasteiger partial charge in [0, 0.05) is 10.6 Å². The van der Waals surface area contributed by atoms with Crippen LogP contribution in [0.2, 0.25) is 19.6 Å². The summed E-state index contributed by atoms with van der Waals surface area (Å²) in [5, 5.41) is 6.42. The number of hydrogen-bond donors (Lipinski definition) is 0. The molecular formula is C14H16F3IO3S2Si. The Morgan fingerprint density at radius 1 is 1.08 bits per heavy atom. The molecule has 24 heavy (non-hydrogen) atoms. The zero-order chi connectivity index (χ0) is 18.6. The minimum atomic E-state index is -6.09. The number of alkyl halides is 3.